The van der Waals surface area contributed by atoms with Crippen LogP contribution in [0.1, 0.15) is 55.4 Å². The van der Waals surface area contributed by atoms with Crippen LogP contribution in [0.25, 0.3) is 0 Å². The van der Waals surface area contributed by atoms with E-state index >= 15 is 0 Å². The molecule has 1 N–H and O–H groups in total. The van der Waals surface area contributed by atoms with Gasteiger partial charge in [0, 0.05) is 24.8 Å². The molecule has 0 saturated carbocycles. The van der Waals surface area contributed by atoms with Crippen molar-refractivity contribution in [2.75, 3.05) is 6.54 Å². The Labute approximate surface area is 143 Å². The Kier molecular flexibility index (Phi) is 5.44. The predicted molar refractivity (Wildman–Crippen MR) is 94.8 cm³/mol. The molecule has 0 spiro atoms. The van der Waals surface area contributed by atoms with Gasteiger partial charge in [0.1, 0.15) is 0 Å². The van der Waals surface area contributed by atoms with Crippen LogP contribution in [0.4, 0.5) is 0 Å². The van der Waals surface area contributed by atoms with Gasteiger partial charge in [-0.2, -0.15) is 5.10 Å². The van der Waals surface area contributed by atoms with E-state index < -0.39 is 5.60 Å². The normalized spacial score (nSPS) is 11.8. The highest BCUT2D eigenvalue weighted by molar-refractivity contribution is 5.95. The van der Waals surface area contributed by atoms with E-state index in [9.17, 15) is 9.90 Å². The maximum absolute atomic E-state index is 13.0. The first-order valence-electron chi connectivity index (χ1n) is 8.28. The average Bonchev–Trinajstić information content (AvgIpc) is 2.87. The number of rotatable bonds is 6. The van der Waals surface area contributed by atoms with Gasteiger partial charge >= 0.3 is 0 Å². The van der Waals surface area contributed by atoms with Gasteiger partial charge in [0.25, 0.3) is 5.91 Å². The van der Waals surface area contributed by atoms with Gasteiger partial charge in [0.15, 0.2) is 0 Å². The Hall–Kier alpha value is -2.14. The second kappa shape index (κ2) is 7.18. The third kappa shape index (κ3) is 4.45. The van der Waals surface area contributed by atoms with Crippen LogP contribution in [0.2, 0.25) is 0 Å². The molecular formula is C19H27N3O2. The molecule has 0 aliphatic rings. The molecule has 5 nitrogen and oxygen atoms in total. The number of hydrogen-bond donors (Lipinski definition) is 1. The van der Waals surface area contributed by atoms with Crippen molar-refractivity contribution in [1.82, 2.24) is 14.7 Å². The van der Waals surface area contributed by atoms with Gasteiger partial charge in [0.2, 0.25) is 0 Å². The monoisotopic (exact) mass is 329 g/mol. The van der Waals surface area contributed by atoms with E-state index in [1.807, 2.05) is 55.8 Å². The number of benzene rings is 1. The summed E-state index contributed by atoms with van der Waals surface area (Å²) in [6.07, 6.45) is 1.63. The molecule has 0 aliphatic heterocycles. The highest BCUT2D eigenvalue weighted by Gasteiger charge is 2.26. The van der Waals surface area contributed by atoms with Crippen molar-refractivity contribution in [2.45, 2.75) is 52.8 Å². The summed E-state index contributed by atoms with van der Waals surface area (Å²) < 4.78 is 1.85. The fraction of sp³-hybridized carbons (Fsp3) is 0.474. The van der Waals surface area contributed by atoms with Crippen molar-refractivity contribution in [3.05, 3.63) is 53.3 Å². The summed E-state index contributed by atoms with van der Waals surface area (Å²) in [6, 6.07) is 10.0. The zero-order valence-electron chi connectivity index (χ0n) is 15.2. The van der Waals surface area contributed by atoms with E-state index in [1.165, 1.54) is 0 Å². The smallest absolute Gasteiger partial charge is 0.257 e. The van der Waals surface area contributed by atoms with E-state index in [2.05, 4.69) is 5.10 Å². The minimum absolute atomic E-state index is 0.106. The minimum Gasteiger partial charge on any atom is -0.389 e. The van der Waals surface area contributed by atoms with E-state index in [4.69, 9.17) is 0 Å². The van der Waals surface area contributed by atoms with Gasteiger partial charge < -0.3 is 10.0 Å². The van der Waals surface area contributed by atoms with Crippen LogP contribution in [0, 0.1) is 6.92 Å². The van der Waals surface area contributed by atoms with Crippen LogP contribution < -0.4 is 0 Å². The lowest BCUT2D eigenvalue weighted by molar-refractivity contribution is 0.0279. The van der Waals surface area contributed by atoms with Crippen LogP contribution in [-0.2, 0) is 6.54 Å². The van der Waals surface area contributed by atoms with Gasteiger partial charge in [-0.3, -0.25) is 9.48 Å². The van der Waals surface area contributed by atoms with Crippen LogP contribution in [-0.4, -0.2) is 37.8 Å². The first-order chi connectivity index (χ1) is 11.2. The fourth-order valence-electron chi connectivity index (χ4n) is 2.79. The number of aliphatic hydroxyl groups is 1. The summed E-state index contributed by atoms with van der Waals surface area (Å²) >= 11 is 0. The highest BCUT2D eigenvalue weighted by Crippen LogP contribution is 2.18. The molecule has 1 aromatic carbocycles. The molecule has 0 bridgehead atoms. The lowest BCUT2D eigenvalue weighted by atomic mass is 10.1. The first kappa shape index (κ1) is 18.2. The molecule has 130 valence electrons. The third-order valence-corrected chi connectivity index (χ3v) is 3.85. The maximum atomic E-state index is 13.0. The second-order valence-corrected chi connectivity index (χ2v) is 7.14. The Balaban J connectivity index is 2.30. The Morgan fingerprint density at radius 3 is 2.42 bits per heavy atom. The Bertz CT molecular complexity index is 684. The summed E-state index contributed by atoms with van der Waals surface area (Å²) in [4.78, 5) is 14.7. The Morgan fingerprint density at radius 1 is 1.29 bits per heavy atom. The molecule has 1 amide bonds. The number of aromatic nitrogens is 2. The highest BCUT2D eigenvalue weighted by atomic mass is 16.3. The summed E-state index contributed by atoms with van der Waals surface area (Å²) in [6.45, 7) is 10.1. The van der Waals surface area contributed by atoms with Crippen LogP contribution in [0.5, 0.6) is 0 Å². The molecule has 0 unspecified atom stereocenters. The van der Waals surface area contributed by atoms with Crippen molar-refractivity contribution in [1.29, 1.82) is 0 Å². The van der Waals surface area contributed by atoms with E-state index in [1.54, 1.807) is 24.9 Å². The molecule has 1 heterocycles. The van der Waals surface area contributed by atoms with Crippen molar-refractivity contribution in [3.8, 4) is 0 Å². The second-order valence-electron chi connectivity index (χ2n) is 7.14. The van der Waals surface area contributed by atoms with Crippen molar-refractivity contribution in [3.63, 3.8) is 0 Å². The Morgan fingerprint density at radius 2 is 1.92 bits per heavy atom. The number of nitrogens with zero attached hydrogens (tertiary/aromatic N) is 3. The van der Waals surface area contributed by atoms with Crippen LogP contribution in [0.15, 0.2) is 36.5 Å². The summed E-state index contributed by atoms with van der Waals surface area (Å²) in [5.74, 6) is -0.106. The van der Waals surface area contributed by atoms with Gasteiger partial charge in [-0.1, -0.05) is 30.3 Å². The maximum Gasteiger partial charge on any atom is 0.257 e. The molecule has 1 aromatic heterocycles. The van der Waals surface area contributed by atoms with Crippen LogP contribution >= 0.6 is 0 Å². The predicted octanol–water partition coefficient (Wildman–Crippen LogP) is 3.19. The fourth-order valence-corrected chi connectivity index (χ4v) is 2.79. The van der Waals surface area contributed by atoms with Gasteiger partial charge in [-0.25, -0.2) is 0 Å². The number of hydrogen-bond acceptors (Lipinski definition) is 3. The SMILES string of the molecule is Cc1c(C(=O)N(Cc2ccccc2)CC(C)(C)O)cnn1C(C)C. The molecular weight excluding hydrogens is 302 g/mol. The zero-order chi connectivity index (χ0) is 17.9. The molecule has 0 aliphatic carbocycles. The van der Waals surface area contributed by atoms with E-state index in [-0.39, 0.29) is 18.5 Å². The van der Waals surface area contributed by atoms with E-state index in [0.29, 0.717) is 12.1 Å². The minimum atomic E-state index is -0.966. The lowest BCUT2D eigenvalue weighted by Gasteiger charge is -2.29. The summed E-state index contributed by atoms with van der Waals surface area (Å²) in [7, 11) is 0. The molecule has 0 saturated heterocycles. The first-order valence-corrected chi connectivity index (χ1v) is 8.28. The summed E-state index contributed by atoms with van der Waals surface area (Å²) in [5, 5.41) is 14.5. The molecule has 0 atom stereocenters. The number of amides is 1. The van der Waals surface area contributed by atoms with Gasteiger partial charge in [0.05, 0.1) is 17.4 Å². The largest absolute Gasteiger partial charge is 0.389 e. The quantitative estimate of drug-likeness (QED) is 0.885. The van der Waals surface area contributed by atoms with E-state index in [0.717, 1.165) is 11.3 Å². The molecule has 24 heavy (non-hydrogen) atoms. The molecule has 0 fully saturated rings. The summed E-state index contributed by atoms with van der Waals surface area (Å²) in [5.41, 5.74) is 1.50. The van der Waals surface area contributed by atoms with Crippen molar-refractivity contribution < 1.29 is 9.90 Å². The number of carbonyl (C=O) groups is 1. The zero-order valence-corrected chi connectivity index (χ0v) is 15.2. The molecule has 2 rings (SSSR count). The molecule has 5 heteroatoms. The van der Waals surface area contributed by atoms with Crippen molar-refractivity contribution >= 4 is 5.91 Å². The third-order valence-electron chi connectivity index (χ3n) is 3.85. The van der Waals surface area contributed by atoms with Crippen LogP contribution in [0.3, 0.4) is 0 Å². The lowest BCUT2D eigenvalue weighted by Crippen LogP contribution is -2.42. The van der Waals surface area contributed by atoms with Crippen molar-refractivity contribution in [2.24, 2.45) is 0 Å². The molecule has 0 radical (unpaired) electrons. The molecule has 2 aromatic rings. The topological polar surface area (TPSA) is 58.4 Å². The van der Waals surface area contributed by atoms with Gasteiger partial charge in [-0.05, 0) is 40.2 Å². The van der Waals surface area contributed by atoms with Gasteiger partial charge in [-0.15, -0.1) is 0 Å². The number of carbonyl (C=O) groups excluding carboxylic acids is 1. The standard InChI is InChI=1S/C19H27N3O2/c1-14(2)22-15(3)17(11-20-22)18(23)21(13-19(4,5)24)12-16-9-7-6-8-10-16/h6-11,14,24H,12-13H2,1-5H3. The average molecular weight is 329 g/mol.